The largest absolute Gasteiger partial charge is 0.490 e. The fourth-order valence-electron chi connectivity index (χ4n) is 3.48. The number of nitrogens with zero attached hydrogens (tertiary/aromatic N) is 2. The van der Waals surface area contributed by atoms with Crippen molar-refractivity contribution < 1.29 is 22.3 Å². The molecule has 0 unspecified atom stereocenters. The number of aromatic amines is 1. The van der Waals surface area contributed by atoms with Crippen LogP contribution in [0.4, 0.5) is 17.6 Å². The maximum atomic E-state index is 13.7. The number of rotatable bonds is 8. The predicted molar refractivity (Wildman–Crippen MR) is 107 cm³/mol. The number of ether oxygens (including phenoxy) is 1. The molecule has 0 spiro atoms. The number of hydrogen-bond acceptors (Lipinski definition) is 4. The lowest BCUT2D eigenvalue weighted by molar-refractivity contribution is 0.134. The van der Waals surface area contributed by atoms with Gasteiger partial charge >= 0.3 is 0 Å². The number of H-pyrrole nitrogens is 1. The van der Waals surface area contributed by atoms with E-state index in [4.69, 9.17) is 10.5 Å². The zero-order valence-electron chi connectivity index (χ0n) is 16.9. The van der Waals surface area contributed by atoms with Crippen LogP contribution < -0.4 is 10.5 Å². The third-order valence-electron chi connectivity index (χ3n) is 4.60. The summed E-state index contributed by atoms with van der Waals surface area (Å²) in [5.41, 5.74) is 5.69. The summed E-state index contributed by atoms with van der Waals surface area (Å²) < 4.78 is 59.0. The quantitative estimate of drug-likeness (QED) is 0.459. The van der Waals surface area contributed by atoms with Gasteiger partial charge in [-0.25, -0.2) is 27.5 Å². The molecule has 3 heterocycles. The first kappa shape index (κ1) is 22.0. The third kappa shape index (κ3) is 4.89. The van der Waals surface area contributed by atoms with Crippen LogP contribution in [0.25, 0.3) is 22.3 Å². The second kappa shape index (κ2) is 8.59. The van der Waals surface area contributed by atoms with Gasteiger partial charge in [0.25, 0.3) is 12.9 Å². The molecule has 0 bridgehead atoms. The van der Waals surface area contributed by atoms with Crippen LogP contribution in [-0.2, 0) is 0 Å². The van der Waals surface area contributed by atoms with Gasteiger partial charge in [0.2, 0.25) is 0 Å². The fourth-order valence-corrected chi connectivity index (χ4v) is 3.48. The number of pyridine rings is 2. The Kier molecular flexibility index (Phi) is 6.30. The average Bonchev–Trinajstić information content (AvgIpc) is 3.08. The van der Waals surface area contributed by atoms with Crippen molar-refractivity contribution in [1.29, 1.82) is 0 Å². The van der Waals surface area contributed by atoms with Gasteiger partial charge < -0.3 is 15.5 Å². The molecule has 0 saturated heterocycles. The molecule has 30 heavy (non-hydrogen) atoms. The molecule has 3 N–H and O–H groups in total. The molecular weight excluding hydrogens is 400 g/mol. The average molecular weight is 424 g/mol. The highest BCUT2D eigenvalue weighted by Gasteiger charge is 2.24. The van der Waals surface area contributed by atoms with Gasteiger partial charge in [-0.05, 0) is 37.5 Å². The maximum absolute atomic E-state index is 13.7. The van der Waals surface area contributed by atoms with Crippen molar-refractivity contribution in [3.63, 3.8) is 0 Å². The van der Waals surface area contributed by atoms with E-state index in [-0.39, 0.29) is 23.6 Å². The monoisotopic (exact) mass is 424 g/mol. The van der Waals surface area contributed by atoms with Gasteiger partial charge in [-0.1, -0.05) is 13.8 Å². The van der Waals surface area contributed by atoms with Gasteiger partial charge in [-0.3, -0.25) is 0 Å². The van der Waals surface area contributed by atoms with Gasteiger partial charge in [0.1, 0.15) is 23.7 Å². The number of aromatic nitrogens is 3. The molecule has 0 aliphatic carbocycles. The first-order valence-electron chi connectivity index (χ1n) is 9.53. The summed E-state index contributed by atoms with van der Waals surface area (Å²) in [6, 6.07) is 4.19. The minimum atomic E-state index is -2.88. The smallest absolute Gasteiger partial charge is 0.284 e. The van der Waals surface area contributed by atoms with Crippen LogP contribution in [0.5, 0.6) is 5.75 Å². The molecular formula is C21H24F4N4O. The lowest BCUT2D eigenvalue weighted by Gasteiger charge is -2.27. The van der Waals surface area contributed by atoms with E-state index < -0.39 is 24.1 Å². The first-order chi connectivity index (χ1) is 14.1. The van der Waals surface area contributed by atoms with E-state index >= 15 is 0 Å². The molecule has 0 amide bonds. The molecule has 3 rings (SSSR count). The third-order valence-corrected chi connectivity index (χ3v) is 4.60. The Morgan fingerprint density at radius 2 is 1.90 bits per heavy atom. The van der Waals surface area contributed by atoms with E-state index in [0.717, 1.165) is 6.20 Å². The van der Waals surface area contributed by atoms with Crippen LogP contribution in [0, 0.1) is 5.92 Å². The number of alkyl halides is 4. The molecule has 1 atom stereocenters. The van der Waals surface area contributed by atoms with E-state index in [2.05, 4.69) is 15.0 Å². The summed E-state index contributed by atoms with van der Waals surface area (Å²) in [6.45, 7) is 5.89. The summed E-state index contributed by atoms with van der Waals surface area (Å²) in [7, 11) is 0. The zero-order valence-corrected chi connectivity index (χ0v) is 16.9. The van der Waals surface area contributed by atoms with Gasteiger partial charge in [-0.2, -0.15) is 0 Å². The molecule has 0 aliphatic rings. The van der Waals surface area contributed by atoms with Gasteiger partial charge in [0.05, 0.1) is 5.69 Å². The van der Waals surface area contributed by atoms with Crippen LogP contribution in [0.3, 0.4) is 0 Å². The van der Waals surface area contributed by atoms with E-state index in [0.29, 0.717) is 28.9 Å². The van der Waals surface area contributed by atoms with Crippen LogP contribution in [0.1, 0.15) is 51.3 Å². The Labute approximate surface area is 171 Å². The summed E-state index contributed by atoms with van der Waals surface area (Å²) in [5, 5.41) is 0.376. The fraction of sp³-hybridized carbons (Fsp3) is 0.429. The Morgan fingerprint density at radius 3 is 2.53 bits per heavy atom. The first-order valence-corrected chi connectivity index (χ1v) is 9.53. The zero-order chi connectivity index (χ0) is 22.1. The molecule has 3 aromatic rings. The number of fused-ring (bicyclic) bond motifs is 1. The Hall–Kier alpha value is -2.68. The van der Waals surface area contributed by atoms with Crippen molar-refractivity contribution in [1.82, 2.24) is 15.0 Å². The number of nitrogens with one attached hydrogen (secondary N) is 1. The van der Waals surface area contributed by atoms with Crippen LogP contribution in [-0.4, -0.2) is 27.1 Å². The molecule has 0 radical (unpaired) electrons. The van der Waals surface area contributed by atoms with Gasteiger partial charge in [-0.15, -0.1) is 0 Å². The lowest BCUT2D eigenvalue weighted by Crippen LogP contribution is -2.43. The Bertz CT molecular complexity index is 1020. The minimum Gasteiger partial charge on any atom is -0.490 e. The molecule has 0 aromatic carbocycles. The minimum absolute atomic E-state index is 0.0552. The number of nitrogens with two attached hydrogens (primary N) is 1. The molecule has 5 nitrogen and oxygen atoms in total. The van der Waals surface area contributed by atoms with E-state index in [9.17, 15) is 17.6 Å². The molecule has 9 heteroatoms. The van der Waals surface area contributed by atoms with Crippen LogP contribution in [0.2, 0.25) is 0 Å². The molecule has 0 fully saturated rings. The highest BCUT2D eigenvalue weighted by molar-refractivity contribution is 5.92. The summed E-state index contributed by atoms with van der Waals surface area (Å²) in [5.74, 6) is 0.271. The van der Waals surface area contributed by atoms with Crippen LogP contribution in [0.15, 0.2) is 30.6 Å². The second-order valence-electron chi connectivity index (χ2n) is 8.09. The van der Waals surface area contributed by atoms with Crippen molar-refractivity contribution in [2.75, 3.05) is 6.61 Å². The normalized spacial score (nSPS) is 14.1. The SMILES string of the molecule is CC(C)C[C@](C)(N)COc1ccc(-c2c[nH]c3ncc(C(F)F)cc23)nc1C(F)F. The summed E-state index contributed by atoms with van der Waals surface area (Å²) >= 11 is 0. The highest BCUT2D eigenvalue weighted by Crippen LogP contribution is 2.34. The number of halogens is 4. The van der Waals surface area contributed by atoms with E-state index in [1.807, 2.05) is 13.8 Å². The highest BCUT2D eigenvalue weighted by atomic mass is 19.3. The second-order valence-corrected chi connectivity index (χ2v) is 8.09. The standard InChI is InChI=1S/C21H24F4N4O/c1-11(2)7-21(3,26)10-30-16-5-4-15(29-17(16)19(24)25)14-9-28-20-13(14)6-12(8-27-20)18(22)23/h4-6,8-9,11,18-19H,7,10,26H2,1-3H3,(H,27,28)/t21-/m0/s1. The van der Waals surface area contributed by atoms with Crippen molar-refractivity contribution in [3.05, 3.63) is 41.9 Å². The molecule has 0 aliphatic heterocycles. The molecule has 0 saturated carbocycles. The van der Waals surface area contributed by atoms with Crippen molar-refractivity contribution in [2.24, 2.45) is 11.7 Å². The van der Waals surface area contributed by atoms with Gasteiger partial charge in [0.15, 0.2) is 0 Å². The van der Waals surface area contributed by atoms with Crippen LogP contribution >= 0.6 is 0 Å². The Morgan fingerprint density at radius 1 is 1.17 bits per heavy atom. The Balaban J connectivity index is 1.94. The van der Waals surface area contributed by atoms with Gasteiger partial charge in [0, 0.05) is 34.4 Å². The topological polar surface area (TPSA) is 76.8 Å². The van der Waals surface area contributed by atoms with Crippen molar-refractivity contribution >= 4 is 11.0 Å². The maximum Gasteiger partial charge on any atom is 0.284 e. The summed E-state index contributed by atoms with van der Waals surface area (Å²) in [4.78, 5) is 10.9. The van der Waals surface area contributed by atoms with E-state index in [1.54, 1.807) is 6.92 Å². The van der Waals surface area contributed by atoms with Crippen molar-refractivity contribution in [3.8, 4) is 17.0 Å². The van der Waals surface area contributed by atoms with Crippen molar-refractivity contribution in [2.45, 2.75) is 45.6 Å². The van der Waals surface area contributed by atoms with E-state index in [1.165, 1.54) is 24.4 Å². The molecule has 162 valence electrons. The summed E-state index contributed by atoms with van der Waals surface area (Å²) in [6.07, 6.45) is -2.33. The predicted octanol–water partition coefficient (Wildman–Crippen LogP) is 5.64. The number of hydrogen-bond donors (Lipinski definition) is 2. The lowest BCUT2D eigenvalue weighted by atomic mass is 9.93. The molecule has 3 aromatic heterocycles.